The largest absolute Gasteiger partial charge is 0.356 e. The van der Waals surface area contributed by atoms with Gasteiger partial charge in [-0.1, -0.05) is 37.3 Å². The summed E-state index contributed by atoms with van der Waals surface area (Å²) < 4.78 is 0. The Morgan fingerprint density at radius 3 is 2.36 bits per heavy atom. The van der Waals surface area contributed by atoms with Crippen molar-refractivity contribution in [2.75, 3.05) is 26.7 Å². The molecule has 0 aliphatic rings. The molecule has 22 heavy (non-hydrogen) atoms. The molecule has 0 unspecified atom stereocenters. The Hall–Kier alpha value is -1.31. The van der Waals surface area contributed by atoms with Crippen LogP contribution in [0.5, 0.6) is 0 Å². The first-order chi connectivity index (χ1) is 10.3. The molecular formula is C16H27IN4O. The van der Waals surface area contributed by atoms with Crippen LogP contribution in [0.15, 0.2) is 35.3 Å². The monoisotopic (exact) mass is 418 g/mol. The van der Waals surface area contributed by atoms with Gasteiger partial charge in [0.1, 0.15) is 0 Å². The molecule has 0 aliphatic heterocycles. The van der Waals surface area contributed by atoms with Crippen molar-refractivity contribution >= 4 is 35.8 Å². The number of hydrogen-bond acceptors (Lipinski definition) is 2. The molecule has 1 rings (SSSR count). The zero-order chi connectivity index (χ0) is 15.3. The molecule has 0 aromatic heterocycles. The Kier molecular flexibility index (Phi) is 12.6. The van der Waals surface area contributed by atoms with Crippen molar-refractivity contribution in [3.8, 4) is 0 Å². The van der Waals surface area contributed by atoms with E-state index in [1.807, 2.05) is 25.1 Å². The second-order valence-electron chi connectivity index (χ2n) is 4.76. The van der Waals surface area contributed by atoms with E-state index in [9.17, 15) is 4.79 Å². The van der Waals surface area contributed by atoms with E-state index in [0.717, 1.165) is 31.9 Å². The van der Waals surface area contributed by atoms with Crippen LogP contribution in [0.2, 0.25) is 0 Å². The molecule has 0 radical (unpaired) electrons. The first kappa shape index (κ1) is 20.7. The van der Waals surface area contributed by atoms with Gasteiger partial charge in [-0.05, 0) is 18.4 Å². The SMILES string of the molecule is CCCNC(=O)CCNC(=NC)NCCc1ccccc1.I. The molecule has 0 bridgehead atoms. The molecule has 0 heterocycles. The maximum atomic E-state index is 11.5. The standard InChI is InChI=1S/C16H26N4O.HI/c1-3-11-18-15(21)10-13-20-16(17-2)19-12-9-14-7-5-4-6-8-14;/h4-8H,3,9-13H2,1-2H3,(H,18,21)(H2,17,19,20);1H. The van der Waals surface area contributed by atoms with Crippen molar-refractivity contribution in [3.05, 3.63) is 35.9 Å². The minimum atomic E-state index is 0. The lowest BCUT2D eigenvalue weighted by Gasteiger charge is -2.11. The molecule has 124 valence electrons. The lowest BCUT2D eigenvalue weighted by Crippen LogP contribution is -2.40. The summed E-state index contributed by atoms with van der Waals surface area (Å²) in [6.07, 6.45) is 2.36. The van der Waals surface area contributed by atoms with Gasteiger partial charge >= 0.3 is 0 Å². The molecule has 0 atom stereocenters. The highest BCUT2D eigenvalue weighted by molar-refractivity contribution is 14.0. The van der Waals surface area contributed by atoms with Crippen LogP contribution in [0, 0.1) is 0 Å². The van der Waals surface area contributed by atoms with Gasteiger partial charge in [0, 0.05) is 33.1 Å². The zero-order valence-corrected chi connectivity index (χ0v) is 15.7. The Balaban J connectivity index is 0.00000441. The summed E-state index contributed by atoms with van der Waals surface area (Å²) in [5.41, 5.74) is 1.29. The molecule has 0 saturated carbocycles. The average molecular weight is 418 g/mol. The number of benzene rings is 1. The van der Waals surface area contributed by atoms with Crippen LogP contribution in [0.1, 0.15) is 25.3 Å². The van der Waals surface area contributed by atoms with E-state index in [-0.39, 0.29) is 29.9 Å². The number of aliphatic imine (C=N–C) groups is 1. The normalized spacial score (nSPS) is 10.5. The highest BCUT2D eigenvalue weighted by Crippen LogP contribution is 1.97. The minimum absolute atomic E-state index is 0. The van der Waals surface area contributed by atoms with Gasteiger partial charge in [0.25, 0.3) is 0 Å². The van der Waals surface area contributed by atoms with Gasteiger partial charge in [-0.25, -0.2) is 0 Å². The van der Waals surface area contributed by atoms with Gasteiger partial charge in [0.05, 0.1) is 0 Å². The quantitative estimate of drug-likeness (QED) is 0.344. The third-order valence-corrected chi connectivity index (χ3v) is 2.99. The second-order valence-corrected chi connectivity index (χ2v) is 4.76. The first-order valence-corrected chi connectivity index (χ1v) is 7.51. The maximum Gasteiger partial charge on any atom is 0.221 e. The Labute approximate surface area is 150 Å². The van der Waals surface area contributed by atoms with Crippen molar-refractivity contribution in [2.45, 2.75) is 26.2 Å². The van der Waals surface area contributed by atoms with Gasteiger partial charge in [-0.2, -0.15) is 0 Å². The summed E-state index contributed by atoms with van der Waals surface area (Å²) in [5.74, 6) is 0.804. The average Bonchev–Trinajstić information content (AvgIpc) is 2.52. The van der Waals surface area contributed by atoms with Crippen LogP contribution in [0.3, 0.4) is 0 Å². The molecule has 1 aromatic carbocycles. The summed E-state index contributed by atoms with van der Waals surface area (Å²) in [7, 11) is 1.73. The number of halogens is 1. The number of nitrogens with zero attached hydrogens (tertiary/aromatic N) is 1. The van der Waals surface area contributed by atoms with Crippen molar-refractivity contribution in [1.82, 2.24) is 16.0 Å². The molecule has 0 fully saturated rings. The van der Waals surface area contributed by atoms with E-state index >= 15 is 0 Å². The van der Waals surface area contributed by atoms with Gasteiger partial charge < -0.3 is 16.0 Å². The van der Waals surface area contributed by atoms with Crippen LogP contribution < -0.4 is 16.0 Å². The summed E-state index contributed by atoms with van der Waals surface area (Å²) in [4.78, 5) is 15.6. The lowest BCUT2D eigenvalue weighted by atomic mass is 10.1. The first-order valence-electron chi connectivity index (χ1n) is 7.51. The predicted molar refractivity (Wildman–Crippen MR) is 103 cm³/mol. The number of carbonyl (C=O) groups is 1. The molecule has 0 saturated heterocycles. The van der Waals surface area contributed by atoms with Crippen molar-refractivity contribution in [3.63, 3.8) is 0 Å². The van der Waals surface area contributed by atoms with E-state index in [0.29, 0.717) is 13.0 Å². The van der Waals surface area contributed by atoms with Crippen molar-refractivity contribution < 1.29 is 4.79 Å². The number of rotatable bonds is 8. The number of guanidine groups is 1. The molecule has 3 N–H and O–H groups in total. The summed E-state index contributed by atoms with van der Waals surface area (Å²) in [5, 5.41) is 9.23. The number of hydrogen-bond donors (Lipinski definition) is 3. The molecule has 5 nitrogen and oxygen atoms in total. The van der Waals surface area contributed by atoms with Crippen LogP contribution in [0.25, 0.3) is 0 Å². The van der Waals surface area contributed by atoms with E-state index in [1.165, 1.54) is 5.56 Å². The third kappa shape index (κ3) is 9.59. The van der Waals surface area contributed by atoms with Gasteiger partial charge in [-0.15, -0.1) is 24.0 Å². The number of amides is 1. The highest BCUT2D eigenvalue weighted by Gasteiger charge is 2.01. The number of carbonyl (C=O) groups excluding carboxylic acids is 1. The summed E-state index contributed by atoms with van der Waals surface area (Å²) in [6.45, 7) is 4.17. The number of nitrogens with one attached hydrogen (secondary N) is 3. The lowest BCUT2D eigenvalue weighted by molar-refractivity contribution is -0.120. The van der Waals surface area contributed by atoms with Crippen LogP contribution in [0.4, 0.5) is 0 Å². The van der Waals surface area contributed by atoms with Gasteiger partial charge in [-0.3, -0.25) is 9.79 Å². The summed E-state index contributed by atoms with van der Waals surface area (Å²) >= 11 is 0. The summed E-state index contributed by atoms with van der Waals surface area (Å²) in [6, 6.07) is 10.3. The van der Waals surface area contributed by atoms with Crippen LogP contribution in [-0.4, -0.2) is 38.5 Å². The molecule has 1 amide bonds. The third-order valence-electron chi connectivity index (χ3n) is 2.99. The fourth-order valence-corrected chi connectivity index (χ4v) is 1.84. The predicted octanol–water partition coefficient (Wildman–Crippen LogP) is 1.93. The van der Waals surface area contributed by atoms with E-state index < -0.39 is 0 Å². The molecule has 6 heteroatoms. The fraction of sp³-hybridized carbons (Fsp3) is 0.500. The second kappa shape index (κ2) is 13.4. The Bertz CT molecular complexity index is 437. The molecule has 1 aromatic rings. The Morgan fingerprint density at radius 1 is 1.05 bits per heavy atom. The smallest absolute Gasteiger partial charge is 0.221 e. The van der Waals surface area contributed by atoms with Gasteiger partial charge in [0.2, 0.25) is 5.91 Å². The molecular weight excluding hydrogens is 391 g/mol. The van der Waals surface area contributed by atoms with Crippen molar-refractivity contribution in [1.29, 1.82) is 0 Å². The topological polar surface area (TPSA) is 65.5 Å². The van der Waals surface area contributed by atoms with E-state index in [4.69, 9.17) is 0 Å². The highest BCUT2D eigenvalue weighted by atomic mass is 127. The minimum Gasteiger partial charge on any atom is -0.356 e. The van der Waals surface area contributed by atoms with Crippen molar-refractivity contribution in [2.24, 2.45) is 4.99 Å². The Morgan fingerprint density at radius 2 is 1.73 bits per heavy atom. The van der Waals surface area contributed by atoms with Crippen LogP contribution >= 0.6 is 24.0 Å². The maximum absolute atomic E-state index is 11.5. The fourth-order valence-electron chi connectivity index (χ4n) is 1.84. The van der Waals surface area contributed by atoms with E-state index in [2.05, 4.69) is 33.1 Å². The molecule has 0 aliphatic carbocycles. The molecule has 0 spiro atoms. The van der Waals surface area contributed by atoms with Gasteiger partial charge in [0.15, 0.2) is 5.96 Å². The van der Waals surface area contributed by atoms with Crippen LogP contribution in [-0.2, 0) is 11.2 Å². The zero-order valence-electron chi connectivity index (χ0n) is 13.4. The van der Waals surface area contributed by atoms with E-state index in [1.54, 1.807) is 7.05 Å².